The number of aromatic nitrogens is 3. The highest BCUT2D eigenvalue weighted by Gasteiger charge is 2.06. The molecule has 0 aliphatic heterocycles. The van der Waals surface area contributed by atoms with Crippen LogP contribution < -0.4 is 10.6 Å². The molecule has 0 atom stereocenters. The Balaban J connectivity index is 2.11. The Kier molecular flexibility index (Phi) is 4.60. The molecule has 0 radical (unpaired) electrons. The minimum Gasteiger partial charge on any atom is -0.368 e. The average molecular weight is 340 g/mol. The summed E-state index contributed by atoms with van der Waals surface area (Å²) in [4.78, 5) is 15.5. The number of halogens is 1. The minimum absolute atomic E-state index is 0.253. The van der Waals surface area contributed by atoms with Crippen molar-refractivity contribution >= 4 is 39.6 Å². The van der Waals surface area contributed by atoms with E-state index in [2.05, 4.69) is 36.9 Å². The van der Waals surface area contributed by atoms with E-state index in [9.17, 15) is 0 Å². The van der Waals surface area contributed by atoms with Crippen LogP contribution in [0.2, 0.25) is 0 Å². The predicted molar refractivity (Wildman–Crippen MR) is 82.3 cm³/mol. The van der Waals surface area contributed by atoms with Gasteiger partial charge in [-0.15, -0.1) is 11.8 Å². The number of nitrogens with two attached hydrogens (primary N) is 1. The number of nitrogens with zero attached hydrogens (tertiary/aromatic N) is 4. The summed E-state index contributed by atoms with van der Waals surface area (Å²) in [6, 6.07) is 8.10. The van der Waals surface area contributed by atoms with E-state index in [4.69, 9.17) is 5.73 Å². The third-order valence-corrected chi connectivity index (χ3v) is 3.73. The fraction of sp³-hybridized carbons (Fsp3) is 0.250. The van der Waals surface area contributed by atoms with Crippen LogP contribution in [0.3, 0.4) is 0 Å². The largest absolute Gasteiger partial charge is 0.368 e. The molecule has 0 fully saturated rings. The van der Waals surface area contributed by atoms with Crippen LogP contribution in [0.5, 0.6) is 0 Å². The quantitative estimate of drug-likeness (QED) is 0.863. The van der Waals surface area contributed by atoms with Crippen LogP contribution in [-0.2, 0) is 5.75 Å². The van der Waals surface area contributed by atoms with Crippen molar-refractivity contribution < 1.29 is 0 Å². The molecular formula is C12H14BrN5S. The van der Waals surface area contributed by atoms with Crippen molar-refractivity contribution in [2.24, 2.45) is 0 Å². The summed E-state index contributed by atoms with van der Waals surface area (Å²) in [6.07, 6.45) is 0. The van der Waals surface area contributed by atoms with E-state index in [0.717, 1.165) is 9.37 Å². The van der Waals surface area contributed by atoms with Crippen LogP contribution in [0.1, 0.15) is 5.82 Å². The Bertz CT molecular complexity index is 576. The van der Waals surface area contributed by atoms with E-state index >= 15 is 0 Å². The van der Waals surface area contributed by atoms with E-state index in [1.165, 1.54) is 0 Å². The molecule has 2 rings (SSSR count). The zero-order valence-corrected chi connectivity index (χ0v) is 13.1. The number of anilines is 2. The molecule has 100 valence electrons. The Morgan fingerprint density at radius 2 is 2.05 bits per heavy atom. The van der Waals surface area contributed by atoms with Crippen molar-refractivity contribution in [1.29, 1.82) is 0 Å². The highest BCUT2D eigenvalue weighted by Crippen LogP contribution is 2.24. The molecule has 0 aliphatic rings. The molecule has 19 heavy (non-hydrogen) atoms. The molecular weight excluding hydrogens is 326 g/mol. The minimum atomic E-state index is 0.253. The Hall–Kier alpha value is -1.34. The number of benzene rings is 1. The molecule has 0 amide bonds. The van der Waals surface area contributed by atoms with Crippen molar-refractivity contribution in [3.63, 3.8) is 0 Å². The molecule has 0 aliphatic carbocycles. The van der Waals surface area contributed by atoms with Crippen molar-refractivity contribution in [2.45, 2.75) is 10.6 Å². The lowest BCUT2D eigenvalue weighted by atomic mass is 10.4. The molecule has 1 aromatic carbocycles. The fourth-order valence-electron chi connectivity index (χ4n) is 1.39. The molecule has 0 unspecified atom stereocenters. The summed E-state index contributed by atoms with van der Waals surface area (Å²) < 4.78 is 1.06. The second-order valence-corrected chi connectivity index (χ2v) is 6.01. The van der Waals surface area contributed by atoms with Gasteiger partial charge in [0.1, 0.15) is 5.82 Å². The molecule has 2 N–H and O–H groups in total. The lowest BCUT2D eigenvalue weighted by Crippen LogP contribution is -2.15. The van der Waals surface area contributed by atoms with Gasteiger partial charge in [0.25, 0.3) is 0 Å². The summed E-state index contributed by atoms with van der Waals surface area (Å²) in [5.41, 5.74) is 5.68. The zero-order valence-electron chi connectivity index (χ0n) is 10.7. The molecule has 0 saturated heterocycles. The van der Waals surface area contributed by atoms with E-state index in [1.54, 1.807) is 11.8 Å². The standard InChI is InChI=1S/C12H14BrN5S/c1-18(2)12-16-10(15-11(14)17-12)7-19-9-5-3-4-8(13)6-9/h3-6H,7H2,1-2H3,(H2,14,15,16,17). The topological polar surface area (TPSA) is 67.9 Å². The Labute approximate surface area is 124 Å². The van der Waals surface area contributed by atoms with Crippen molar-refractivity contribution in [1.82, 2.24) is 15.0 Å². The monoisotopic (exact) mass is 339 g/mol. The number of rotatable bonds is 4. The number of hydrogen-bond acceptors (Lipinski definition) is 6. The van der Waals surface area contributed by atoms with Gasteiger partial charge in [0.05, 0.1) is 5.75 Å². The molecule has 1 aromatic heterocycles. The lowest BCUT2D eigenvalue weighted by Gasteiger charge is -2.11. The van der Waals surface area contributed by atoms with Crippen LogP contribution >= 0.6 is 27.7 Å². The normalized spacial score (nSPS) is 10.5. The van der Waals surface area contributed by atoms with Gasteiger partial charge in [-0.25, -0.2) is 0 Å². The van der Waals surface area contributed by atoms with Crippen LogP contribution in [-0.4, -0.2) is 29.0 Å². The fourth-order valence-corrected chi connectivity index (χ4v) is 2.76. The number of hydrogen-bond donors (Lipinski definition) is 1. The van der Waals surface area contributed by atoms with E-state index in [0.29, 0.717) is 17.5 Å². The van der Waals surface area contributed by atoms with Crippen molar-refractivity contribution in [2.75, 3.05) is 24.7 Å². The molecule has 0 bridgehead atoms. The summed E-state index contributed by atoms with van der Waals surface area (Å²) in [5.74, 6) is 2.17. The second-order valence-electron chi connectivity index (χ2n) is 4.05. The van der Waals surface area contributed by atoms with Crippen LogP contribution in [0.4, 0.5) is 11.9 Å². The first-order valence-electron chi connectivity index (χ1n) is 5.61. The van der Waals surface area contributed by atoms with Gasteiger partial charge in [0.15, 0.2) is 0 Å². The van der Waals surface area contributed by atoms with Crippen LogP contribution in [0.15, 0.2) is 33.6 Å². The summed E-state index contributed by atoms with van der Waals surface area (Å²) in [7, 11) is 3.75. The van der Waals surface area contributed by atoms with Gasteiger partial charge in [-0.05, 0) is 18.2 Å². The smallest absolute Gasteiger partial charge is 0.229 e. The van der Waals surface area contributed by atoms with Gasteiger partial charge in [-0.3, -0.25) is 0 Å². The first-order chi connectivity index (χ1) is 9.04. The van der Waals surface area contributed by atoms with Gasteiger partial charge in [-0.1, -0.05) is 22.0 Å². The summed E-state index contributed by atoms with van der Waals surface area (Å²) in [6.45, 7) is 0. The Morgan fingerprint density at radius 1 is 1.26 bits per heavy atom. The summed E-state index contributed by atoms with van der Waals surface area (Å²) in [5, 5.41) is 0. The van der Waals surface area contributed by atoms with Gasteiger partial charge in [0.2, 0.25) is 11.9 Å². The molecule has 5 nitrogen and oxygen atoms in total. The van der Waals surface area contributed by atoms with E-state index in [-0.39, 0.29) is 5.95 Å². The SMILES string of the molecule is CN(C)c1nc(N)nc(CSc2cccc(Br)c2)n1. The predicted octanol–water partition coefficient (Wildman–Crippen LogP) is 2.57. The van der Waals surface area contributed by atoms with Gasteiger partial charge < -0.3 is 10.6 Å². The third kappa shape index (κ3) is 4.07. The van der Waals surface area contributed by atoms with Crippen LogP contribution in [0.25, 0.3) is 0 Å². The highest BCUT2D eigenvalue weighted by molar-refractivity contribution is 9.10. The molecule has 7 heteroatoms. The van der Waals surface area contributed by atoms with Gasteiger partial charge in [0, 0.05) is 23.5 Å². The lowest BCUT2D eigenvalue weighted by molar-refractivity contribution is 0.919. The maximum atomic E-state index is 5.68. The van der Waals surface area contributed by atoms with E-state index in [1.807, 2.05) is 37.2 Å². The Morgan fingerprint density at radius 3 is 2.74 bits per heavy atom. The molecule has 1 heterocycles. The zero-order chi connectivity index (χ0) is 13.8. The van der Waals surface area contributed by atoms with Crippen LogP contribution in [0, 0.1) is 0 Å². The second kappa shape index (κ2) is 6.21. The average Bonchev–Trinajstić information content (AvgIpc) is 2.36. The number of thioether (sulfide) groups is 1. The van der Waals surface area contributed by atoms with E-state index < -0.39 is 0 Å². The van der Waals surface area contributed by atoms with Crippen molar-refractivity contribution in [3.05, 3.63) is 34.6 Å². The van der Waals surface area contributed by atoms with Gasteiger partial charge in [-0.2, -0.15) is 15.0 Å². The maximum absolute atomic E-state index is 5.68. The first-order valence-corrected chi connectivity index (χ1v) is 7.38. The first kappa shape index (κ1) is 14.1. The maximum Gasteiger partial charge on any atom is 0.229 e. The highest BCUT2D eigenvalue weighted by atomic mass is 79.9. The molecule has 2 aromatic rings. The molecule has 0 saturated carbocycles. The van der Waals surface area contributed by atoms with Crippen molar-refractivity contribution in [3.8, 4) is 0 Å². The molecule has 0 spiro atoms. The van der Waals surface area contributed by atoms with Gasteiger partial charge >= 0.3 is 0 Å². The summed E-state index contributed by atoms with van der Waals surface area (Å²) >= 11 is 5.11. The number of nitrogen functional groups attached to an aromatic ring is 1. The third-order valence-electron chi connectivity index (χ3n) is 2.25.